The highest BCUT2D eigenvalue weighted by molar-refractivity contribution is 5.80. The number of hydrogen-bond donors (Lipinski definition) is 1. The maximum atomic E-state index is 14.6. The van der Waals surface area contributed by atoms with Gasteiger partial charge in [-0.1, -0.05) is 30.3 Å². The Bertz CT molecular complexity index is 848. The summed E-state index contributed by atoms with van der Waals surface area (Å²) in [5, 5.41) is 3.39. The number of ether oxygens (including phenoxy) is 1. The van der Waals surface area contributed by atoms with Crippen LogP contribution in [0.1, 0.15) is 16.7 Å². The molecule has 0 spiro atoms. The second-order valence-corrected chi connectivity index (χ2v) is 7.23. The Morgan fingerprint density at radius 3 is 2.64 bits per heavy atom. The second-order valence-electron chi connectivity index (χ2n) is 7.23. The van der Waals surface area contributed by atoms with Gasteiger partial charge in [-0.25, -0.2) is 4.39 Å². The smallest absolute Gasteiger partial charge is 0.194 e. The number of aliphatic imine (C=N–C) groups is 1. The molecular weight excluding hydrogens is 355 g/mol. The highest BCUT2D eigenvalue weighted by Crippen LogP contribution is 2.22. The fraction of sp³-hybridized carbons (Fsp3) is 0.409. The van der Waals surface area contributed by atoms with E-state index in [1.54, 1.807) is 13.1 Å². The lowest BCUT2D eigenvalue weighted by atomic mass is 10.0. The van der Waals surface area contributed by atoms with Crippen molar-refractivity contribution in [1.82, 2.24) is 10.2 Å². The van der Waals surface area contributed by atoms with Gasteiger partial charge in [0.05, 0.1) is 18.9 Å². The number of fused-ring (bicyclic) bond motifs is 1. The average molecular weight is 382 g/mol. The molecule has 2 aromatic carbocycles. The van der Waals surface area contributed by atoms with Crippen molar-refractivity contribution >= 4 is 11.6 Å². The van der Waals surface area contributed by atoms with Crippen LogP contribution in [0.2, 0.25) is 0 Å². The van der Waals surface area contributed by atoms with Gasteiger partial charge in [0.1, 0.15) is 5.82 Å². The number of guanidine groups is 1. The lowest BCUT2D eigenvalue weighted by molar-refractivity contribution is 0.122. The second kappa shape index (κ2) is 8.61. The third kappa shape index (κ3) is 4.12. The molecule has 0 atom stereocenters. The maximum absolute atomic E-state index is 14.6. The number of halogens is 1. The molecule has 2 aliphatic heterocycles. The predicted octanol–water partition coefficient (Wildman–Crippen LogP) is 2.80. The van der Waals surface area contributed by atoms with E-state index in [-0.39, 0.29) is 5.82 Å². The van der Waals surface area contributed by atoms with E-state index in [9.17, 15) is 4.39 Å². The highest BCUT2D eigenvalue weighted by atomic mass is 19.1. The summed E-state index contributed by atoms with van der Waals surface area (Å²) in [5.74, 6) is 0.676. The topological polar surface area (TPSA) is 40.1 Å². The lowest BCUT2D eigenvalue weighted by Gasteiger charge is -2.32. The Balaban J connectivity index is 1.38. The molecule has 0 aliphatic carbocycles. The number of nitrogens with zero attached hydrogens (tertiary/aromatic N) is 3. The quantitative estimate of drug-likeness (QED) is 0.655. The van der Waals surface area contributed by atoms with E-state index >= 15 is 0 Å². The van der Waals surface area contributed by atoms with Crippen LogP contribution >= 0.6 is 0 Å². The summed E-state index contributed by atoms with van der Waals surface area (Å²) in [7, 11) is 1.80. The molecule has 1 N–H and O–H groups in total. The molecule has 2 aliphatic rings. The molecule has 2 aromatic rings. The molecule has 1 fully saturated rings. The molecule has 5 nitrogen and oxygen atoms in total. The van der Waals surface area contributed by atoms with Crippen LogP contribution in [-0.4, -0.2) is 50.8 Å². The molecule has 28 heavy (non-hydrogen) atoms. The summed E-state index contributed by atoms with van der Waals surface area (Å²) in [5.41, 5.74) is 4.32. The van der Waals surface area contributed by atoms with Gasteiger partial charge in [-0.05, 0) is 35.2 Å². The number of nitrogens with one attached hydrogen (secondary N) is 1. The molecule has 6 heteroatoms. The van der Waals surface area contributed by atoms with Crippen molar-refractivity contribution in [1.29, 1.82) is 0 Å². The van der Waals surface area contributed by atoms with Crippen molar-refractivity contribution in [2.75, 3.05) is 44.8 Å². The summed E-state index contributed by atoms with van der Waals surface area (Å²) >= 11 is 0. The zero-order chi connectivity index (χ0) is 19.3. The van der Waals surface area contributed by atoms with Crippen LogP contribution in [0, 0.1) is 5.82 Å². The monoisotopic (exact) mass is 382 g/mol. The predicted molar refractivity (Wildman–Crippen MR) is 110 cm³/mol. The molecule has 0 radical (unpaired) electrons. The van der Waals surface area contributed by atoms with Crippen LogP contribution in [0.4, 0.5) is 10.1 Å². The van der Waals surface area contributed by atoms with Crippen molar-refractivity contribution in [3.05, 3.63) is 65.0 Å². The van der Waals surface area contributed by atoms with Gasteiger partial charge in [-0.3, -0.25) is 4.99 Å². The van der Waals surface area contributed by atoms with Crippen molar-refractivity contribution in [3.63, 3.8) is 0 Å². The fourth-order valence-corrected chi connectivity index (χ4v) is 3.91. The van der Waals surface area contributed by atoms with E-state index in [2.05, 4.69) is 39.5 Å². The standard InChI is InChI=1S/C22H27FN4O/c1-24-22(27-9-8-18-4-2-3-5-19(18)16-27)25-15-17-6-7-21(20(23)14-17)26-10-12-28-13-11-26/h2-7,14H,8-13,15-16H2,1H3,(H,24,25). The highest BCUT2D eigenvalue weighted by Gasteiger charge is 2.19. The molecule has 0 saturated carbocycles. The zero-order valence-electron chi connectivity index (χ0n) is 16.3. The summed E-state index contributed by atoms with van der Waals surface area (Å²) in [6.07, 6.45) is 1.01. The molecule has 1 saturated heterocycles. The van der Waals surface area contributed by atoms with Gasteiger partial charge in [0.2, 0.25) is 0 Å². The SMILES string of the molecule is CN=C(NCc1ccc(N2CCOCC2)c(F)c1)N1CCc2ccccc2C1. The number of rotatable bonds is 3. The van der Waals surface area contributed by atoms with Crippen molar-refractivity contribution in [3.8, 4) is 0 Å². The van der Waals surface area contributed by atoms with Crippen molar-refractivity contribution < 1.29 is 9.13 Å². The van der Waals surface area contributed by atoms with E-state index in [1.165, 1.54) is 11.1 Å². The van der Waals surface area contributed by atoms with Crippen LogP contribution in [0.15, 0.2) is 47.5 Å². The zero-order valence-corrected chi connectivity index (χ0v) is 16.3. The van der Waals surface area contributed by atoms with Crippen LogP contribution in [0.25, 0.3) is 0 Å². The Kier molecular flexibility index (Phi) is 5.76. The van der Waals surface area contributed by atoms with E-state index in [1.807, 2.05) is 17.0 Å². The van der Waals surface area contributed by atoms with Gasteiger partial charge in [-0.2, -0.15) is 0 Å². The molecule has 0 bridgehead atoms. The number of morpholine rings is 1. The summed E-state index contributed by atoms with van der Waals surface area (Å²) in [6, 6.07) is 14.0. The Hall–Kier alpha value is -2.60. The van der Waals surface area contributed by atoms with E-state index in [4.69, 9.17) is 4.74 Å². The third-order valence-corrected chi connectivity index (χ3v) is 5.46. The Morgan fingerprint density at radius 1 is 1.11 bits per heavy atom. The van der Waals surface area contributed by atoms with Gasteiger partial charge in [0.15, 0.2) is 5.96 Å². The van der Waals surface area contributed by atoms with Gasteiger partial charge in [0, 0.05) is 39.8 Å². The van der Waals surface area contributed by atoms with Gasteiger partial charge >= 0.3 is 0 Å². The maximum Gasteiger partial charge on any atom is 0.194 e. The molecule has 0 unspecified atom stereocenters. The normalized spacial score (nSPS) is 17.4. The number of hydrogen-bond acceptors (Lipinski definition) is 3. The molecule has 2 heterocycles. The molecule has 0 amide bonds. The van der Waals surface area contributed by atoms with Gasteiger partial charge in [-0.15, -0.1) is 0 Å². The first kappa shape index (κ1) is 18.7. The van der Waals surface area contributed by atoms with Crippen LogP contribution < -0.4 is 10.2 Å². The fourth-order valence-electron chi connectivity index (χ4n) is 3.91. The third-order valence-electron chi connectivity index (χ3n) is 5.46. The van der Waals surface area contributed by atoms with Gasteiger partial charge in [0.25, 0.3) is 0 Å². The minimum atomic E-state index is -0.178. The van der Waals surface area contributed by atoms with E-state index in [0.29, 0.717) is 25.4 Å². The molecular formula is C22H27FN4O. The number of benzene rings is 2. The summed E-state index contributed by atoms with van der Waals surface area (Å²) < 4.78 is 20.0. The van der Waals surface area contributed by atoms with Crippen LogP contribution in [0.3, 0.4) is 0 Å². The van der Waals surface area contributed by atoms with Gasteiger partial charge < -0.3 is 19.9 Å². The van der Waals surface area contributed by atoms with Crippen molar-refractivity contribution in [2.45, 2.75) is 19.5 Å². The summed E-state index contributed by atoms with van der Waals surface area (Å²) in [6.45, 7) is 5.09. The van der Waals surface area contributed by atoms with Crippen LogP contribution in [0.5, 0.6) is 0 Å². The average Bonchev–Trinajstić information content (AvgIpc) is 2.75. The minimum absolute atomic E-state index is 0.178. The molecule has 0 aromatic heterocycles. The van der Waals surface area contributed by atoms with E-state index in [0.717, 1.165) is 44.1 Å². The Labute approximate surface area is 165 Å². The first-order valence-electron chi connectivity index (χ1n) is 9.88. The largest absolute Gasteiger partial charge is 0.378 e. The first-order chi connectivity index (χ1) is 13.7. The van der Waals surface area contributed by atoms with E-state index < -0.39 is 0 Å². The first-order valence-corrected chi connectivity index (χ1v) is 9.88. The Morgan fingerprint density at radius 2 is 1.89 bits per heavy atom. The molecule has 148 valence electrons. The number of anilines is 1. The summed E-state index contributed by atoms with van der Waals surface area (Å²) in [4.78, 5) is 8.72. The minimum Gasteiger partial charge on any atom is -0.378 e. The lowest BCUT2D eigenvalue weighted by Crippen LogP contribution is -2.43. The molecule has 4 rings (SSSR count). The van der Waals surface area contributed by atoms with Crippen LogP contribution in [-0.2, 0) is 24.2 Å². The van der Waals surface area contributed by atoms with Crippen molar-refractivity contribution in [2.24, 2.45) is 4.99 Å².